The van der Waals surface area contributed by atoms with Gasteiger partial charge in [0.05, 0.1) is 5.02 Å². The molecule has 5 heteroatoms. The van der Waals surface area contributed by atoms with Crippen LogP contribution in [0.1, 0.15) is 24.1 Å². The lowest BCUT2D eigenvalue weighted by molar-refractivity contribution is 0.174. The van der Waals surface area contributed by atoms with Gasteiger partial charge in [-0.15, -0.1) is 0 Å². The summed E-state index contributed by atoms with van der Waals surface area (Å²) in [5.74, 6) is 1.36. The predicted molar refractivity (Wildman–Crippen MR) is 87.0 cm³/mol. The minimum Gasteiger partial charge on any atom is -0.454 e. The summed E-state index contributed by atoms with van der Waals surface area (Å²) in [7, 11) is 0. The first-order chi connectivity index (χ1) is 10.1. The maximum absolute atomic E-state index is 6.19. The van der Waals surface area contributed by atoms with E-state index in [0.29, 0.717) is 17.3 Å². The lowest BCUT2D eigenvalue weighted by atomic mass is 10.1. The Morgan fingerprint density at radius 2 is 2.00 bits per heavy atom. The topological polar surface area (TPSA) is 30.5 Å². The smallest absolute Gasteiger partial charge is 0.231 e. The summed E-state index contributed by atoms with van der Waals surface area (Å²) in [6.45, 7) is 3.09. The van der Waals surface area contributed by atoms with Gasteiger partial charge in [0, 0.05) is 17.1 Å². The molecule has 0 saturated carbocycles. The number of rotatable bonds is 4. The molecule has 2 aromatic carbocycles. The van der Waals surface area contributed by atoms with Crippen LogP contribution in [0.5, 0.6) is 11.5 Å². The second-order valence-corrected chi connectivity index (χ2v) is 6.29. The molecule has 0 radical (unpaired) electrons. The van der Waals surface area contributed by atoms with E-state index < -0.39 is 0 Å². The highest BCUT2D eigenvalue weighted by molar-refractivity contribution is 9.10. The molecule has 3 nitrogen and oxygen atoms in total. The Balaban J connectivity index is 1.67. The molecule has 0 saturated heterocycles. The summed E-state index contributed by atoms with van der Waals surface area (Å²) in [5.41, 5.74) is 2.32. The number of benzene rings is 2. The molecule has 1 N–H and O–H groups in total. The average molecular weight is 369 g/mol. The van der Waals surface area contributed by atoms with Gasteiger partial charge in [0.2, 0.25) is 6.79 Å². The molecule has 0 amide bonds. The van der Waals surface area contributed by atoms with Crippen LogP contribution in [0.15, 0.2) is 40.9 Å². The summed E-state index contributed by atoms with van der Waals surface area (Å²) >= 11 is 9.63. The Hall–Kier alpha value is -1.23. The first-order valence-corrected chi connectivity index (χ1v) is 7.87. The van der Waals surface area contributed by atoms with Crippen molar-refractivity contribution in [3.05, 3.63) is 57.0 Å². The van der Waals surface area contributed by atoms with Crippen molar-refractivity contribution in [1.82, 2.24) is 5.32 Å². The van der Waals surface area contributed by atoms with Gasteiger partial charge < -0.3 is 14.8 Å². The summed E-state index contributed by atoms with van der Waals surface area (Å²) < 4.78 is 11.8. The molecule has 0 spiro atoms. The molecule has 0 aliphatic carbocycles. The van der Waals surface area contributed by atoms with Crippen LogP contribution in [0, 0.1) is 0 Å². The largest absolute Gasteiger partial charge is 0.454 e. The Bertz CT molecular complexity index is 645. The maximum atomic E-state index is 6.19. The summed E-state index contributed by atoms with van der Waals surface area (Å²) in [6, 6.07) is 12.4. The van der Waals surface area contributed by atoms with Crippen molar-refractivity contribution in [2.75, 3.05) is 6.79 Å². The second-order valence-electron chi connectivity index (χ2n) is 4.97. The molecule has 2 aromatic rings. The third kappa shape index (κ3) is 3.34. The summed E-state index contributed by atoms with van der Waals surface area (Å²) in [4.78, 5) is 0. The van der Waals surface area contributed by atoms with Crippen LogP contribution in [0.3, 0.4) is 0 Å². The lowest BCUT2D eigenvalue weighted by Crippen LogP contribution is -2.18. The highest BCUT2D eigenvalue weighted by Gasteiger charge is 2.18. The molecule has 21 heavy (non-hydrogen) atoms. The number of hydrogen-bond donors (Lipinski definition) is 1. The van der Waals surface area contributed by atoms with Gasteiger partial charge in [0.15, 0.2) is 11.5 Å². The zero-order valence-corrected chi connectivity index (χ0v) is 13.9. The molecule has 1 aliphatic rings. The fourth-order valence-corrected chi connectivity index (χ4v) is 2.82. The van der Waals surface area contributed by atoms with E-state index in [0.717, 1.165) is 15.8 Å². The number of halogens is 2. The van der Waals surface area contributed by atoms with E-state index in [1.807, 2.05) is 24.3 Å². The highest BCUT2D eigenvalue weighted by Crippen LogP contribution is 2.39. The van der Waals surface area contributed by atoms with E-state index in [-0.39, 0.29) is 12.8 Å². The molecule has 1 atom stereocenters. The third-order valence-corrected chi connectivity index (χ3v) is 4.28. The molecule has 1 heterocycles. The molecular weight excluding hydrogens is 354 g/mol. The second kappa shape index (κ2) is 6.26. The van der Waals surface area contributed by atoms with Gasteiger partial charge in [-0.05, 0) is 42.3 Å². The third-order valence-electron chi connectivity index (χ3n) is 3.47. The van der Waals surface area contributed by atoms with Crippen LogP contribution in [-0.4, -0.2) is 6.79 Å². The van der Waals surface area contributed by atoms with E-state index in [4.69, 9.17) is 21.1 Å². The van der Waals surface area contributed by atoms with Crippen molar-refractivity contribution in [3.8, 4) is 11.5 Å². The van der Waals surface area contributed by atoms with Crippen LogP contribution in [0.4, 0.5) is 0 Å². The van der Waals surface area contributed by atoms with Gasteiger partial charge in [-0.3, -0.25) is 0 Å². The fraction of sp³-hybridized carbons (Fsp3) is 0.250. The van der Waals surface area contributed by atoms with Gasteiger partial charge >= 0.3 is 0 Å². The molecular formula is C16H15BrClNO2. The fourth-order valence-electron chi connectivity index (χ4n) is 2.26. The van der Waals surface area contributed by atoms with Crippen LogP contribution < -0.4 is 14.8 Å². The van der Waals surface area contributed by atoms with Crippen molar-refractivity contribution >= 4 is 27.5 Å². The van der Waals surface area contributed by atoms with Crippen LogP contribution >= 0.6 is 27.5 Å². The van der Waals surface area contributed by atoms with E-state index in [1.165, 1.54) is 5.56 Å². The van der Waals surface area contributed by atoms with Gasteiger partial charge in [0.1, 0.15) is 0 Å². The molecule has 0 fully saturated rings. The minimum atomic E-state index is 0.237. The maximum Gasteiger partial charge on any atom is 0.231 e. The Kier molecular flexibility index (Phi) is 4.38. The van der Waals surface area contributed by atoms with Gasteiger partial charge in [-0.25, -0.2) is 0 Å². The SMILES string of the molecule is C[C@@H](NCc1cc(Cl)c2c(c1)OCO2)c1ccc(Br)cc1. The first kappa shape index (κ1) is 14.7. The molecule has 0 bridgehead atoms. The molecule has 0 unspecified atom stereocenters. The highest BCUT2D eigenvalue weighted by atomic mass is 79.9. The van der Waals surface area contributed by atoms with Crippen molar-refractivity contribution in [2.45, 2.75) is 19.5 Å². The molecule has 1 aliphatic heterocycles. The van der Waals surface area contributed by atoms with Gasteiger partial charge in [-0.1, -0.05) is 39.7 Å². The lowest BCUT2D eigenvalue weighted by Gasteiger charge is -2.15. The summed E-state index contributed by atoms with van der Waals surface area (Å²) in [5, 5.41) is 4.08. The predicted octanol–water partition coefficient (Wildman–Crippen LogP) is 4.68. The first-order valence-electron chi connectivity index (χ1n) is 6.70. The van der Waals surface area contributed by atoms with E-state index in [1.54, 1.807) is 0 Å². The molecule has 0 aromatic heterocycles. The summed E-state index contributed by atoms with van der Waals surface area (Å²) in [6.07, 6.45) is 0. The van der Waals surface area contributed by atoms with Crippen molar-refractivity contribution < 1.29 is 9.47 Å². The molecule has 3 rings (SSSR count). The van der Waals surface area contributed by atoms with Crippen molar-refractivity contribution in [3.63, 3.8) is 0 Å². The molecule has 110 valence electrons. The van der Waals surface area contributed by atoms with Gasteiger partial charge in [-0.2, -0.15) is 0 Å². The average Bonchev–Trinajstić information content (AvgIpc) is 2.94. The Morgan fingerprint density at radius 1 is 1.24 bits per heavy atom. The quantitative estimate of drug-likeness (QED) is 0.850. The minimum absolute atomic E-state index is 0.237. The normalized spacial score (nSPS) is 14.2. The van der Waals surface area contributed by atoms with Crippen molar-refractivity contribution in [2.24, 2.45) is 0 Å². The number of ether oxygens (including phenoxy) is 2. The van der Waals surface area contributed by atoms with Crippen LogP contribution in [0.2, 0.25) is 5.02 Å². The van der Waals surface area contributed by atoms with Crippen LogP contribution in [0.25, 0.3) is 0 Å². The zero-order valence-electron chi connectivity index (χ0n) is 11.5. The van der Waals surface area contributed by atoms with Crippen LogP contribution in [-0.2, 0) is 6.54 Å². The standard InChI is InChI=1S/C16H15BrClNO2/c1-10(12-2-4-13(17)5-3-12)19-8-11-6-14(18)16-15(7-11)20-9-21-16/h2-7,10,19H,8-9H2,1H3/t10-/m1/s1. The Morgan fingerprint density at radius 3 is 2.76 bits per heavy atom. The van der Waals surface area contributed by atoms with Gasteiger partial charge in [0.25, 0.3) is 0 Å². The zero-order chi connectivity index (χ0) is 14.8. The van der Waals surface area contributed by atoms with E-state index in [9.17, 15) is 0 Å². The van der Waals surface area contributed by atoms with E-state index >= 15 is 0 Å². The number of hydrogen-bond acceptors (Lipinski definition) is 3. The monoisotopic (exact) mass is 367 g/mol. The van der Waals surface area contributed by atoms with Crippen molar-refractivity contribution in [1.29, 1.82) is 0 Å². The van der Waals surface area contributed by atoms with E-state index in [2.05, 4.69) is 40.3 Å². The Labute approximate surface area is 137 Å². The number of fused-ring (bicyclic) bond motifs is 1. The number of nitrogens with one attached hydrogen (secondary N) is 1.